The summed E-state index contributed by atoms with van der Waals surface area (Å²) < 4.78 is 29.6. The van der Waals surface area contributed by atoms with Crippen LogP contribution in [-0.4, -0.2) is 30.8 Å². The molecule has 0 atom stereocenters. The van der Waals surface area contributed by atoms with Crippen LogP contribution in [0.3, 0.4) is 0 Å². The third kappa shape index (κ3) is 3.79. The molecule has 142 valence electrons. The minimum absolute atomic E-state index is 0.0275. The number of nitrogens with two attached hydrogens (primary N) is 1. The summed E-state index contributed by atoms with van der Waals surface area (Å²) in [6, 6.07) is 9.61. The first-order valence-corrected chi connectivity index (χ1v) is 9.83. The highest BCUT2D eigenvalue weighted by Gasteiger charge is 2.20. The maximum atomic E-state index is 12.8. The zero-order valence-electron chi connectivity index (χ0n) is 15.0. The van der Waals surface area contributed by atoms with Gasteiger partial charge in [0.2, 0.25) is 10.0 Å². The molecule has 0 aliphatic carbocycles. The molecule has 0 unspecified atom stereocenters. The van der Waals surface area contributed by atoms with E-state index in [-0.39, 0.29) is 17.3 Å². The zero-order valence-corrected chi connectivity index (χ0v) is 15.8. The second-order valence-corrected chi connectivity index (χ2v) is 7.46. The molecule has 0 saturated heterocycles. The molecule has 0 bridgehead atoms. The van der Waals surface area contributed by atoms with Crippen molar-refractivity contribution >= 4 is 21.6 Å². The van der Waals surface area contributed by atoms with E-state index in [0.29, 0.717) is 29.2 Å². The summed E-state index contributed by atoms with van der Waals surface area (Å²) in [5.41, 5.74) is 2.45. The predicted molar refractivity (Wildman–Crippen MR) is 100 cm³/mol. The van der Waals surface area contributed by atoms with Crippen molar-refractivity contribution in [2.24, 2.45) is 5.14 Å². The van der Waals surface area contributed by atoms with E-state index >= 15 is 0 Å². The van der Waals surface area contributed by atoms with Crippen molar-refractivity contribution in [3.05, 3.63) is 59.5 Å². The van der Waals surface area contributed by atoms with Crippen LogP contribution in [0, 0.1) is 0 Å². The molecule has 0 radical (unpaired) electrons. The highest BCUT2D eigenvalue weighted by molar-refractivity contribution is 7.89. The maximum absolute atomic E-state index is 12.8. The Morgan fingerprint density at radius 2 is 1.96 bits per heavy atom. The van der Waals surface area contributed by atoms with Gasteiger partial charge in [0, 0.05) is 12.7 Å². The molecule has 2 aromatic heterocycles. The lowest BCUT2D eigenvalue weighted by molar-refractivity contribution is 0.0944. The lowest BCUT2D eigenvalue weighted by atomic mass is 10.2. The molecule has 0 spiro atoms. The van der Waals surface area contributed by atoms with Crippen LogP contribution in [0.2, 0.25) is 0 Å². The van der Waals surface area contributed by atoms with Gasteiger partial charge in [0.05, 0.1) is 17.7 Å². The van der Waals surface area contributed by atoms with E-state index in [4.69, 9.17) is 9.88 Å². The zero-order chi connectivity index (χ0) is 19.6. The second kappa shape index (κ2) is 7.37. The number of carbonyl (C=O) groups is 1. The SMILES string of the molecule is CCc1nc2c(OC)cccn2c1C(=O)NCc1ccc(S(N)(=O)=O)cc1. The summed E-state index contributed by atoms with van der Waals surface area (Å²) in [4.78, 5) is 17.3. The van der Waals surface area contributed by atoms with Crippen LogP contribution in [0.5, 0.6) is 5.75 Å². The molecule has 2 heterocycles. The fourth-order valence-electron chi connectivity index (χ4n) is 2.80. The number of carbonyl (C=O) groups excluding carboxylic acids is 1. The van der Waals surface area contributed by atoms with Crippen LogP contribution in [0.1, 0.15) is 28.7 Å². The average Bonchev–Trinajstić information content (AvgIpc) is 3.04. The first-order chi connectivity index (χ1) is 12.8. The number of ether oxygens (including phenoxy) is 1. The first-order valence-electron chi connectivity index (χ1n) is 8.29. The number of fused-ring (bicyclic) bond motifs is 1. The number of nitrogens with one attached hydrogen (secondary N) is 1. The molecule has 0 aliphatic rings. The normalized spacial score (nSPS) is 11.5. The largest absolute Gasteiger partial charge is 0.493 e. The standard InChI is InChI=1S/C18H20N4O4S/c1-3-14-16(22-10-4-5-15(26-2)17(22)21-14)18(23)20-11-12-6-8-13(9-7-12)27(19,24)25/h4-10H,3,11H2,1-2H3,(H,20,23)(H2,19,24,25). The Hall–Kier alpha value is -2.91. The molecule has 1 amide bonds. The number of hydrogen-bond donors (Lipinski definition) is 2. The third-order valence-electron chi connectivity index (χ3n) is 4.16. The van der Waals surface area contributed by atoms with Gasteiger partial charge >= 0.3 is 0 Å². The van der Waals surface area contributed by atoms with Gasteiger partial charge in [-0.2, -0.15) is 0 Å². The van der Waals surface area contributed by atoms with E-state index in [1.54, 1.807) is 42.0 Å². The summed E-state index contributed by atoms with van der Waals surface area (Å²) in [6.45, 7) is 2.17. The van der Waals surface area contributed by atoms with Gasteiger partial charge in [0.15, 0.2) is 11.4 Å². The van der Waals surface area contributed by atoms with Crippen molar-refractivity contribution in [2.75, 3.05) is 7.11 Å². The van der Waals surface area contributed by atoms with Gasteiger partial charge in [0.25, 0.3) is 5.91 Å². The Balaban J connectivity index is 1.84. The Kier molecular flexibility index (Phi) is 5.15. The van der Waals surface area contributed by atoms with Crippen LogP contribution < -0.4 is 15.2 Å². The van der Waals surface area contributed by atoms with Crippen LogP contribution in [0.25, 0.3) is 5.65 Å². The molecule has 0 saturated carbocycles. The second-order valence-electron chi connectivity index (χ2n) is 5.90. The van der Waals surface area contributed by atoms with Gasteiger partial charge in [-0.1, -0.05) is 19.1 Å². The molecule has 9 heteroatoms. The Morgan fingerprint density at radius 3 is 2.56 bits per heavy atom. The summed E-state index contributed by atoms with van der Waals surface area (Å²) in [7, 11) is -2.18. The van der Waals surface area contributed by atoms with Crippen LogP contribution in [0.4, 0.5) is 0 Å². The van der Waals surface area contributed by atoms with Crippen molar-refractivity contribution in [1.82, 2.24) is 14.7 Å². The van der Waals surface area contributed by atoms with Gasteiger partial charge in [-0.25, -0.2) is 18.5 Å². The van der Waals surface area contributed by atoms with Crippen molar-refractivity contribution in [3.8, 4) is 5.75 Å². The topological polar surface area (TPSA) is 116 Å². The van der Waals surface area contributed by atoms with Gasteiger partial charge in [-0.05, 0) is 36.2 Å². The number of imidazole rings is 1. The summed E-state index contributed by atoms with van der Waals surface area (Å²) in [6.07, 6.45) is 2.36. The van der Waals surface area contributed by atoms with Crippen molar-refractivity contribution in [2.45, 2.75) is 24.8 Å². The molecule has 27 heavy (non-hydrogen) atoms. The number of primary sulfonamides is 1. The number of benzene rings is 1. The lowest BCUT2D eigenvalue weighted by Crippen LogP contribution is -2.25. The Bertz CT molecular complexity index is 1090. The molecule has 3 rings (SSSR count). The van der Waals surface area contributed by atoms with E-state index in [1.165, 1.54) is 12.1 Å². The molecule has 1 aromatic carbocycles. The Morgan fingerprint density at radius 1 is 1.26 bits per heavy atom. The summed E-state index contributed by atoms with van der Waals surface area (Å²) in [5.74, 6) is 0.313. The molecule has 0 aliphatic heterocycles. The molecular weight excluding hydrogens is 368 g/mol. The van der Waals surface area contributed by atoms with Crippen molar-refractivity contribution in [1.29, 1.82) is 0 Å². The fraction of sp³-hybridized carbons (Fsp3) is 0.222. The van der Waals surface area contributed by atoms with E-state index in [2.05, 4.69) is 10.3 Å². The van der Waals surface area contributed by atoms with E-state index in [9.17, 15) is 13.2 Å². The van der Waals surface area contributed by atoms with Crippen LogP contribution in [-0.2, 0) is 23.0 Å². The predicted octanol–water partition coefficient (Wildman–Crippen LogP) is 1.48. The van der Waals surface area contributed by atoms with E-state index in [0.717, 1.165) is 5.56 Å². The minimum atomic E-state index is -3.74. The molecule has 3 N–H and O–H groups in total. The summed E-state index contributed by atoms with van der Waals surface area (Å²) >= 11 is 0. The maximum Gasteiger partial charge on any atom is 0.270 e. The number of sulfonamides is 1. The first kappa shape index (κ1) is 18.9. The van der Waals surface area contributed by atoms with Gasteiger partial charge in [-0.3, -0.25) is 9.20 Å². The highest BCUT2D eigenvalue weighted by atomic mass is 32.2. The van der Waals surface area contributed by atoms with Gasteiger partial charge < -0.3 is 10.1 Å². The van der Waals surface area contributed by atoms with Crippen LogP contribution in [0.15, 0.2) is 47.5 Å². The quantitative estimate of drug-likeness (QED) is 0.664. The Labute approximate surface area is 157 Å². The van der Waals surface area contributed by atoms with Crippen molar-refractivity contribution in [3.63, 3.8) is 0 Å². The molecule has 3 aromatic rings. The number of hydrogen-bond acceptors (Lipinski definition) is 5. The smallest absolute Gasteiger partial charge is 0.270 e. The average molecular weight is 388 g/mol. The number of aryl methyl sites for hydroxylation is 1. The van der Waals surface area contributed by atoms with Crippen molar-refractivity contribution < 1.29 is 17.9 Å². The van der Waals surface area contributed by atoms with E-state index in [1.807, 2.05) is 6.92 Å². The highest BCUT2D eigenvalue weighted by Crippen LogP contribution is 2.22. The monoisotopic (exact) mass is 388 g/mol. The van der Waals surface area contributed by atoms with Crippen LogP contribution >= 0.6 is 0 Å². The molecule has 0 fully saturated rings. The molecular formula is C18H20N4O4S. The van der Waals surface area contributed by atoms with E-state index < -0.39 is 10.0 Å². The number of rotatable bonds is 6. The number of pyridine rings is 1. The molecule has 8 nitrogen and oxygen atoms in total. The minimum Gasteiger partial charge on any atom is -0.493 e. The number of aromatic nitrogens is 2. The van der Waals surface area contributed by atoms with Gasteiger partial charge in [0.1, 0.15) is 5.69 Å². The number of amides is 1. The number of methoxy groups -OCH3 is 1. The lowest BCUT2D eigenvalue weighted by Gasteiger charge is -2.08. The summed E-state index contributed by atoms with van der Waals surface area (Å²) in [5, 5.41) is 7.93. The number of nitrogens with zero attached hydrogens (tertiary/aromatic N) is 2. The third-order valence-corrected chi connectivity index (χ3v) is 5.09. The van der Waals surface area contributed by atoms with Gasteiger partial charge in [-0.15, -0.1) is 0 Å². The fourth-order valence-corrected chi connectivity index (χ4v) is 3.31.